The maximum absolute atomic E-state index is 12.2. The van der Waals surface area contributed by atoms with Crippen molar-refractivity contribution in [1.29, 1.82) is 0 Å². The summed E-state index contributed by atoms with van der Waals surface area (Å²) in [5.41, 5.74) is 0.494. The molecule has 1 N–H and O–H groups in total. The first-order valence-corrected chi connectivity index (χ1v) is 5.84. The number of aliphatic carboxylic acids is 1. The van der Waals surface area contributed by atoms with Gasteiger partial charge in [-0.2, -0.15) is 0 Å². The van der Waals surface area contributed by atoms with Gasteiger partial charge in [0, 0.05) is 18.7 Å². The molecule has 0 aromatic heterocycles. The zero-order chi connectivity index (χ0) is 14.3. The Morgan fingerprint density at radius 2 is 2.00 bits per heavy atom. The minimum atomic E-state index is -0.934. The molecule has 0 saturated carbocycles. The minimum Gasteiger partial charge on any atom is -0.497 e. The van der Waals surface area contributed by atoms with E-state index in [9.17, 15) is 9.59 Å². The first kappa shape index (κ1) is 14.8. The molecule has 1 amide bonds. The summed E-state index contributed by atoms with van der Waals surface area (Å²) in [6, 6.07) is 6.68. The number of benzene rings is 1. The van der Waals surface area contributed by atoms with Gasteiger partial charge in [-0.3, -0.25) is 9.59 Å². The molecule has 0 spiro atoms. The number of carboxylic acid groups (broad SMARTS) is 1. The Balaban J connectivity index is 2.78. The molecule has 1 rings (SSSR count). The largest absolute Gasteiger partial charge is 0.497 e. The number of hydrogen-bond donors (Lipinski definition) is 1. The molecule has 0 aliphatic heterocycles. The molecule has 0 bridgehead atoms. The van der Waals surface area contributed by atoms with Gasteiger partial charge in [-0.1, -0.05) is 6.08 Å². The zero-order valence-corrected chi connectivity index (χ0v) is 10.8. The molecule has 0 radical (unpaired) electrons. The number of nitrogens with zero attached hydrogens (tertiary/aromatic N) is 1. The second-order valence-corrected chi connectivity index (χ2v) is 3.91. The zero-order valence-electron chi connectivity index (χ0n) is 10.8. The maximum Gasteiger partial charge on any atom is 0.305 e. The summed E-state index contributed by atoms with van der Waals surface area (Å²) < 4.78 is 5.02. The van der Waals surface area contributed by atoms with Crippen LogP contribution in [0.1, 0.15) is 16.8 Å². The van der Waals surface area contributed by atoms with Crippen LogP contribution in [0.3, 0.4) is 0 Å². The van der Waals surface area contributed by atoms with Gasteiger partial charge in [-0.05, 0) is 24.3 Å². The topological polar surface area (TPSA) is 66.8 Å². The van der Waals surface area contributed by atoms with Gasteiger partial charge in [0.05, 0.1) is 13.5 Å². The Morgan fingerprint density at radius 1 is 1.37 bits per heavy atom. The average molecular weight is 263 g/mol. The second kappa shape index (κ2) is 7.20. The monoisotopic (exact) mass is 263 g/mol. The van der Waals surface area contributed by atoms with Crippen LogP contribution >= 0.6 is 0 Å². The highest BCUT2D eigenvalue weighted by atomic mass is 16.5. The molecule has 19 heavy (non-hydrogen) atoms. The smallest absolute Gasteiger partial charge is 0.305 e. The standard InChI is InChI=1S/C14H17NO4/c1-3-9-15(10-8-13(16)17)14(18)11-4-6-12(19-2)7-5-11/h3-7H,1,8-10H2,2H3,(H,16,17). The van der Waals surface area contributed by atoms with E-state index in [-0.39, 0.29) is 18.9 Å². The lowest BCUT2D eigenvalue weighted by Crippen LogP contribution is -2.33. The van der Waals surface area contributed by atoms with Crippen LogP contribution in [0.25, 0.3) is 0 Å². The molecule has 102 valence electrons. The van der Waals surface area contributed by atoms with Crippen LogP contribution in [-0.2, 0) is 4.79 Å². The number of ether oxygens (including phenoxy) is 1. The van der Waals surface area contributed by atoms with E-state index in [1.807, 2.05) is 0 Å². The third-order valence-corrected chi connectivity index (χ3v) is 2.57. The number of rotatable bonds is 7. The van der Waals surface area contributed by atoms with Crippen molar-refractivity contribution in [2.75, 3.05) is 20.2 Å². The molecule has 0 aliphatic rings. The van der Waals surface area contributed by atoms with Crippen LogP contribution < -0.4 is 4.74 Å². The molecule has 0 atom stereocenters. The SMILES string of the molecule is C=CCN(CCC(=O)O)C(=O)c1ccc(OC)cc1. The highest BCUT2D eigenvalue weighted by Crippen LogP contribution is 2.13. The van der Waals surface area contributed by atoms with Crippen LogP contribution in [0, 0.1) is 0 Å². The highest BCUT2D eigenvalue weighted by Gasteiger charge is 2.15. The number of amides is 1. The van der Waals surface area contributed by atoms with Crippen molar-refractivity contribution in [1.82, 2.24) is 4.90 Å². The fraction of sp³-hybridized carbons (Fsp3) is 0.286. The fourth-order valence-electron chi connectivity index (χ4n) is 1.58. The van der Waals surface area contributed by atoms with Crippen molar-refractivity contribution in [3.8, 4) is 5.75 Å². The van der Waals surface area contributed by atoms with Crippen molar-refractivity contribution >= 4 is 11.9 Å². The van der Waals surface area contributed by atoms with Gasteiger partial charge in [-0.25, -0.2) is 0 Å². The second-order valence-electron chi connectivity index (χ2n) is 3.91. The Labute approximate surface area is 112 Å². The van der Waals surface area contributed by atoms with Crippen LogP contribution in [0.4, 0.5) is 0 Å². The molecular weight excluding hydrogens is 246 g/mol. The molecule has 1 aromatic rings. The summed E-state index contributed by atoms with van der Waals surface area (Å²) >= 11 is 0. The summed E-state index contributed by atoms with van der Waals surface area (Å²) in [5, 5.41) is 8.67. The lowest BCUT2D eigenvalue weighted by Gasteiger charge is -2.20. The number of carbonyl (C=O) groups excluding carboxylic acids is 1. The molecule has 1 aromatic carbocycles. The summed E-state index contributed by atoms with van der Waals surface area (Å²) in [6.45, 7) is 4.05. The third kappa shape index (κ3) is 4.46. The molecule has 0 unspecified atom stereocenters. The van der Waals surface area contributed by atoms with Crippen molar-refractivity contribution in [2.45, 2.75) is 6.42 Å². The maximum atomic E-state index is 12.2. The molecule has 5 heteroatoms. The van der Waals surface area contributed by atoms with Gasteiger partial charge in [0.25, 0.3) is 5.91 Å². The fourth-order valence-corrected chi connectivity index (χ4v) is 1.58. The summed E-state index contributed by atoms with van der Waals surface area (Å²) in [4.78, 5) is 24.2. The first-order valence-electron chi connectivity index (χ1n) is 5.84. The van der Waals surface area contributed by atoms with E-state index in [1.54, 1.807) is 37.5 Å². The van der Waals surface area contributed by atoms with Crippen molar-refractivity contribution < 1.29 is 19.4 Å². The summed E-state index contributed by atoms with van der Waals surface area (Å²) in [6.07, 6.45) is 1.49. The Kier molecular flexibility index (Phi) is 5.60. The van der Waals surface area contributed by atoms with Gasteiger partial charge < -0.3 is 14.7 Å². The van der Waals surface area contributed by atoms with Gasteiger partial charge in [0.2, 0.25) is 0 Å². The van der Waals surface area contributed by atoms with Gasteiger partial charge >= 0.3 is 5.97 Å². The van der Waals surface area contributed by atoms with Crippen LogP contribution in [0.2, 0.25) is 0 Å². The number of methoxy groups -OCH3 is 1. The molecular formula is C14H17NO4. The molecule has 5 nitrogen and oxygen atoms in total. The first-order chi connectivity index (χ1) is 9.08. The summed E-state index contributed by atoms with van der Waals surface area (Å²) in [7, 11) is 1.55. The molecule has 0 aliphatic carbocycles. The number of carboxylic acids is 1. The van der Waals surface area contributed by atoms with Crippen molar-refractivity contribution in [3.63, 3.8) is 0 Å². The van der Waals surface area contributed by atoms with E-state index in [0.29, 0.717) is 17.9 Å². The van der Waals surface area contributed by atoms with Crippen LogP contribution in [0.5, 0.6) is 5.75 Å². The van der Waals surface area contributed by atoms with E-state index in [1.165, 1.54) is 4.90 Å². The van der Waals surface area contributed by atoms with Crippen molar-refractivity contribution in [2.24, 2.45) is 0 Å². The lowest BCUT2D eigenvalue weighted by molar-refractivity contribution is -0.137. The van der Waals surface area contributed by atoms with E-state index < -0.39 is 5.97 Å². The highest BCUT2D eigenvalue weighted by molar-refractivity contribution is 5.94. The number of hydrogen-bond acceptors (Lipinski definition) is 3. The van der Waals surface area contributed by atoms with Gasteiger partial charge in [0.1, 0.15) is 5.75 Å². The predicted octanol–water partition coefficient (Wildman–Crippen LogP) is 1.80. The Morgan fingerprint density at radius 3 is 2.47 bits per heavy atom. The average Bonchev–Trinajstić information content (AvgIpc) is 2.42. The summed E-state index contributed by atoms with van der Waals surface area (Å²) in [5.74, 6) is -0.488. The molecule has 0 fully saturated rings. The molecule has 0 saturated heterocycles. The van der Waals surface area contributed by atoms with E-state index in [2.05, 4.69) is 6.58 Å². The lowest BCUT2D eigenvalue weighted by atomic mass is 10.2. The Hall–Kier alpha value is -2.30. The van der Waals surface area contributed by atoms with Crippen molar-refractivity contribution in [3.05, 3.63) is 42.5 Å². The van der Waals surface area contributed by atoms with E-state index >= 15 is 0 Å². The van der Waals surface area contributed by atoms with Crippen LogP contribution in [-0.4, -0.2) is 42.1 Å². The third-order valence-electron chi connectivity index (χ3n) is 2.57. The quantitative estimate of drug-likeness (QED) is 0.762. The van der Waals surface area contributed by atoms with Gasteiger partial charge in [0.15, 0.2) is 0 Å². The van der Waals surface area contributed by atoms with Crippen LogP contribution in [0.15, 0.2) is 36.9 Å². The van der Waals surface area contributed by atoms with E-state index in [0.717, 1.165) is 0 Å². The Bertz CT molecular complexity index is 453. The normalized spacial score (nSPS) is 9.74. The van der Waals surface area contributed by atoms with Gasteiger partial charge in [-0.15, -0.1) is 6.58 Å². The predicted molar refractivity (Wildman–Crippen MR) is 71.3 cm³/mol. The van der Waals surface area contributed by atoms with E-state index in [4.69, 9.17) is 9.84 Å². The molecule has 0 heterocycles. The number of carbonyl (C=O) groups is 2. The minimum absolute atomic E-state index is 0.0876.